The van der Waals surface area contributed by atoms with Crippen LogP contribution in [0.25, 0.3) is 0 Å². The number of hydrogen-bond acceptors (Lipinski definition) is 4. The zero-order chi connectivity index (χ0) is 16.8. The number of aliphatic imine (C=N–C) groups is 1. The van der Waals surface area contributed by atoms with E-state index in [0.717, 1.165) is 5.56 Å². The predicted octanol–water partition coefficient (Wildman–Crippen LogP) is 4.22. The third kappa shape index (κ3) is 4.87. The van der Waals surface area contributed by atoms with E-state index in [2.05, 4.69) is 4.99 Å². The average Bonchev–Trinajstić information content (AvgIpc) is 2.52. The van der Waals surface area contributed by atoms with Crippen LogP contribution < -0.4 is 9.47 Å². The molecule has 2 aromatic rings. The largest absolute Gasteiger partial charge is 0.494 e. The van der Waals surface area contributed by atoms with E-state index < -0.39 is 12.6 Å². The second-order valence-electron chi connectivity index (χ2n) is 4.45. The van der Waals surface area contributed by atoms with Gasteiger partial charge in [-0.3, -0.25) is 4.99 Å². The Morgan fingerprint density at radius 2 is 1.96 bits per heavy atom. The van der Waals surface area contributed by atoms with E-state index in [4.69, 9.17) is 37.8 Å². The van der Waals surface area contributed by atoms with E-state index in [0.29, 0.717) is 27.2 Å². The Balaban J connectivity index is 2.19. The summed E-state index contributed by atoms with van der Waals surface area (Å²) >= 11 is 12.0. The van der Waals surface area contributed by atoms with Gasteiger partial charge in [0.1, 0.15) is 17.2 Å². The smallest absolute Gasteiger partial charge is 0.341 e. The zero-order valence-corrected chi connectivity index (χ0v) is 13.6. The Hall–Kier alpha value is -2.24. The van der Waals surface area contributed by atoms with Crippen LogP contribution >= 0.6 is 23.2 Å². The minimum Gasteiger partial charge on any atom is -0.494 e. The van der Waals surface area contributed by atoms with Crippen molar-refractivity contribution >= 4 is 41.1 Å². The number of carboxylic acids is 1. The van der Waals surface area contributed by atoms with Gasteiger partial charge in [-0.1, -0.05) is 23.2 Å². The van der Waals surface area contributed by atoms with Crippen LogP contribution in [0.15, 0.2) is 41.4 Å². The van der Waals surface area contributed by atoms with Crippen LogP contribution in [0.2, 0.25) is 10.0 Å². The van der Waals surface area contributed by atoms with Gasteiger partial charge in [-0.05, 0) is 42.0 Å². The van der Waals surface area contributed by atoms with Crippen molar-refractivity contribution in [1.29, 1.82) is 0 Å². The second-order valence-corrected chi connectivity index (χ2v) is 5.29. The van der Waals surface area contributed by atoms with E-state index in [9.17, 15) is 4.79 Å². The fourth-order valence-corrected chi connectivity index (χ4v) is 2.17. The number of hydrogen-bond donors (Lipinski definition) is 1. The number of carbonyl (C=O) groups is 1. The Kier molecular flexibility index (Phi) is 5.84. The lowest BCUT2D eigenvalue weighted by Crippen LogP contribution is -2.09. The van der Waals surface area contributed by atoms with Gasteiger partial charge in [0.15, 0.2) is 6.61 Å². The first-order valence-corrected chi connectivity index (χ1v) is 7.27. The molecule has 0 amide bonds. The quantitative estimate of drug-likeness (QED) is 0.789. The third-order valence-electron chi connectivity index (χ3n) is 2.80. The molecule has 5 nitrogen and oxygen atoms in total. The van der Waals surface area contributed by atoms with E-state index >= 15 is 0 Å². The van der Waals surface area contributed by atoms with Crippen molar-refractivity contribution in [2.24, 2.45) is 4.99 Å². The van der Waals surface area contributed by atoms with Crippen molar-refractivity contribution < 1.29 is 19.4 Å². The fourth-order valence-electron chi connectivity index (χ4n) is 1.76. The Labute approximate surface area is 143 Å². The number of rotatable bonds is 6. The number of carboxylic acid groups (broad SMARTS) is 1. The van der Waals surface area contributed by atoms with E-state index in [-0.39, 0.29) is 0 Å². The summed E-state index contributed by atoms with van der Waals surface area (Å²) < 4.78 is 10.3. The van der Waals surface area contributed by atoms with Crippen LogP contribution in [0.3, 0.4) is 0 Å². The molecule has 0 fully saturated rings. The topological polar surface area (TPSA) is 68.1 Å². The van der Waals surface area contributed by atoms with Gasteiger partial charge in [0, 0.05) is 11.2 Å². The molecule has 1 N–H and O–H groups in total. The number of aliphatic carboxylic acids is 1. The minimum absolute atomic E-state index is 0.298. The van der Waals surface area contributed by atoms with Crippen molar-refractivity contribution in [2.75, 3.05) is 13.7 Å². The van der Waals surface area contributed by atoms with Gasteiger partial charge in [0.05, 0.1) is 12.1 Å². The number of nitrogens with zero attached hydrogens (tertiary/aromatic N) is 1. The van der Waals surface area contributed by atoms with Crippen LogP contribution in [-0.4, -0.2) is 31.0 Å². The van der Waals surface area contributed by atoms with E-state index in [1.807, 2.05) is 0 Å². The predicted molar refractivity (Wildman–Crippen MR) is 89.8 cm³/mol. The maximum Gasteiger partial charge on any atom is 0.341 e. The van der Waals surface area contributed by atoms with Gasteiger partial charge in [0.25, 0.3) is 0 Å². The molecule has 0 saturated heterocycles. The highest BCUT2D eigenvalue weighted by Gasteiger charge is 2.06. The van der Waals surface area contributed by atoms with Crippen molar-refractivity contribution in [2.45, 2.75) is 0 Å². The number of ether oxygens (including phenoxy) is 2. The number of benzene rings is 2. The Morgan fingerprint density at radius 1 is 1.22 bits per heavy atom. The average molecular weight is 354 g/mol. The lowest BCUT2D eigenvalue weighted by Gasteiger charge is -2.06. The fraction of sp³-hybridized carbons (Fsp3) is 0.125. The van der Waals surface area contributed by atoms with Gasteiger partial charge in [-0.2, -0.15) is 0 Å². The Morgan fingerprint density at radius 3 is 2.61 bits per heavy atom. The first-order valence-electron chi connectivity index (χ1n) is 6.51. The number of methoxy groups -OCH3 is 1. The highest BCUT2D eigenvalue weighted by atomic mass is 35.5. The maximum atomic E-state index is 10.5. The summed E-state index contributed by atoms with van der Waals surface area (Å²) in [6.45, 7) is -0.452. The third-order valence-corrected chi connectivity index (χ3v) is 3.33. The van der Waals surface area contributed by atoms with Crippen molar-refractivity contribution in [3.63, 3.8) is 0 Å². The molecule has 0 atom stereocenters. The summed E-state index contributed by atoms with van der Waals surface area (Å²) in [5.41, 5.74) is 1.31. The van der Waals surface area contributed by atoms with Gasteiger partial charge < -0.3 is 14.6 Å². The second kappa shape index (κ2) is 7.85. The Bertz CT molecular complexity index is 747. The van der Waals surface area contributed by atoms with Gasteiger partial charge >= 0.3 is 5.97 Å². The van der Waals surface area contributed by atoms with Crippen molar-refractivity contribution in [1.82, 2.24) is 0 Å². The van der Waals surface area contributed by atoms with Crippen LogP contribution in [0.4, 0.5) is 5.69 Å². The highest BCUT2D eigenvalue weighted by molar-refractivity contribution is 6.32. The molecule has 23 heavy (non-hydrogen) atoms. The molecule has 0 aliphatic carbocycles. The lowest BCUT2D eigenvalue weighted by molar-refractivity contribution is -0.139. The first-order chi connectivity index (χ1) is 11.0. The van der Waals surface area contributed by atoms with Crippen LogP contribution in [0.1, 0.15) is 5.56 Å². The van der Waals surface area contributed by atoms with Crippen molar-refractivity contribution in [3.05, 3.63) is 52.0 Å². The summed E-state index contributed by atoms with van der Waals surface area (Å²) in [5, 5.41) is 9.44. The highest BCUT2D eigenvalue weighted by Crippen LogP contribution is 2.30. The zero-order valence-electron chi connectivity index (χ0n) is 12.1. The molecule has 0 radical (unpaired) electrons. The van der Waals surface area contributed by atoms with Gasteiger partial charge in [-0.15, -0.1) is 0 Å². The van der Waals surface area contributed by atoms with Crippen LogP contribution in [0, 0.1) is 0 Å². The van der Waals surface area contributed by atoms with Crippen LogP contribution in [-0.2, 0) is 4.79 Å². The molecule has 0 bridgehead atoms. The molecule has 0 aromatic heterocycles. The SMILES string of the molecule is COc1ccc(Cl)cc1N=Cc1ccc(OCC(=O)O)c(Cl)c1. The molecule has 0 saturated carbocycles. The standard InChI is InChI=1S/C16H13Cl2NO4/c1-22-15-5-3-11(17)7-13(15)19-8-10-2-4-14(12(18)6-10)23-9-16(20)21/h2-8H,9H2,1H3,(H,20,21). The monoisotopic (exact) mass is 353 g/mol. The summed E-state index contributed by atoms with van der Waals surface area (Å²) in [7, 11) is 1.55. The first kappa shape index (κ1) is 17.1. The summed E-state index contributed by atoms with van der Waals surface area (Å²) in [4.78, 5) is 14.8. The molecule has 0 heterocycles. The van der Waals surface area contributed by atoms with Crippen LogP contribution in [0.5, 0.6) is 11.5 Å². The minimum atomic E-state index is -1.07. The molecule has 0 unspecified atom stereocenters. The lowest BCUT2D eigenvalue weighted by atomic mass is 10.2. The number of halogens is 2. The molecule has 0 aliphatic rings. The van der Waals surface area contributed by atoms with Gasteiger partial charge in [0.2, 0.25) is 0 Å². The molecule has 7 heteroatoms. The molecule has 2 aromatic carbocycles. The summed E-state index contributed by atoms with van der Waals surface area (Å²) in [5.74, 6) is -0.176. The van der Waals surface area contributed by atoms with Gasteiger partial charge in [-0.25, -0.2) is 4.79 Å². The van der Waals surface area contributed by atoms with E-state index in [1.54, 1.807) is 49.7 Å². The molecule has 120 valence electrons. The van der Waals surface area contributed by atoms with E-state index in [1.165, 1.54) is 0 Å². The summed E-state index contributed by atoms with van der Waals surface area (Å²) in [6.07, 6.45) is 1.60. The molecular formula is C16H13Cl2NO4. The molecule has 0 spiro atoms. The van der Waals surface area contributed by atoms with Crippen molar-refractivity contribution in [3.8, 4) is 11.5 Å². The molecule has 0 aliphatic heterocycles. The maximum absolute atomic E-state index is 10.5. The summed E-state index contributed by atoms with van der Waals surface area (Å²) in [6, 6.07) is 10.0. The molecular weight excluding hydrogens is 341 g/mol. The normalized spacial score (nSPS) is 10.7. The molecule has 2 rings (SSSR count).